The minimum absolute atomic E-state index is 0.0332. The fraction of sp³-hybridized carbons (Fsp3) is 0.564. The Labute approximate surface area is 304 Å². The maximum Gasteiger partial charge on any atom is 0.345 e. The highest BCUT2D eigenvalue weighted by Crippen LogP contribution is 2.29. The molecule has 0 aromatic heterocycles. The van der Waals surface area contributed by atoms with E-state index in [0.29, 0.717) is 26.3 Å². The summed E-state index contributed by atoms with van der Waals surface area (Å²) in [7, 11) is 0. The summed E-state index contributed by atoms with van der Waals surface area (Å²) in [5.41, 5.74) is 0.638. The number of alkyl halides is 2. The lowest BCUT2D eigenvalue weighted by molar-refractivity contribution is -0.152. The number of halogens is 2. The smallest absolute Gasteiger partial charge is 0.345 e. The zero-order valence-corrected chi connectivity index (χ0v) is 30.2. The molecule has 284 valence electrons. The number of epoxide rings is 1. The minimum Gasteiger partial charge on any atom is -0.379 e. The van der Waals surface area contributed by atoms with Gasteiger partial charge in [-0.25, -0.2) is 0 Å². The van der Waals surface area contributed by atoms with Crippen molar-refractivity contribution in [3.05, 3.63) is 71.8 Å². The van der Waals surface area contributed by atoms with Gasteiger partial charge < -0.3 is 24.8 Å². The Morgan fingerprint density at radius 2 is 1.38 bits per heavy atom. The minimum atomic E-state index is -3.15. The first kappa shape index (κ1) is 40.9. The van der Waals surface area contributed by atoms with Gasteiger partial charge >= 0.3 is 6.61 Å². The van der Waals surface area contributed by atoms with Gasteiger partial charge in [0.1, 0.15) is 11.4 Å². The molecule has 4 rings (SSSR count). The third kappa shape index (κ3) is 13.3. The van der Waals surface area contributed by atoms with Crippen LogP contribution in [-0.4, -0.2) is 104 Å². The van der Waals surface area contributed by atoms with Gasteiger partial charge in [0, 0.05) is 31.8 Å². The Balaban J connectivity index is 1.51. The Kier molecular flexibility index (Phi) is 15.6. The third-order valence-corrected chi connectivity index (χ3v) is 9.34. The van der Waals surface area contributed by atoms with E-state index in [1.807, 2.05) is 79.4 Å². The zero-order valence-electron chi connectivity index (χ0n) is 30.2. The molecular formula is C39H51F2N3O8. The van der Waals surface area contributed by atoms with Crippen molar-refractivity contribution in [2.45, 2.75) is 77.2 Å². The van der Waals surface area contributed by atoms with Crippen molar-refractivity contribution in [3.63, 3.8) is 0 Å². The SMILES string of the molecule is CC(C)C[C@H](NC(=O)[C@H](COC(F)F)CC(=O)CN1CCOCC1)C(=O)C[C@@H](Cc1ccccc1)C(=O)N[C@@H](Cc1ccccc1)C(=O)[C@@]1(C)CO1. The highest BCUT2D eigenvalue weighted by Gasteiger charge is 2.50. The molecule has 2 aliphatic rings. The van der Waals surface area contributed by atoms with Crippen molar-refractivity contribution in [1.82, 2.24) is 15.5 Å². The number of amides is 2. The molecule has 0 spiro atoms. The number of Topliss-reactive ketones (excluding diaryl/α,β-unsaturated/α-hetero) is 3. The molecule has 0 saturated carbocycles. The first-order valence-electron chi connectivity index (χ1n) is 17.9. The Morgan fingerprint density at radius 1 is 0.827 bits per heavy atom. The molecule has 2 N–H and O–H groups in total. The topological polar surface area (TPSA) is 144 Å². The first-order valence-corrected chi connectivity index (χ1v) is 17.9. The van der Waals surface area contributed by atoms with Gasteiger partial charge in [0.2, 0.25) is 11.8 Å². The Hall–Kier alpha value is -3.91. The van der Waals surface area contributed by atoms with Crippen LogP contribution in [-0.2, 0) is 51.0 Å². The first-order chi connectivity index (χ1) is 24.8. The quantitative estimate of drug-likeness (QED) is 0.174. The summed E-state index contributed by atoms with van der Waals surface area (Å²) in [4.78, 5) is 70.0. The van der Waals surface area contributed by atoms with E-state index in [0.717, 1.165) is 11.1 Å². The maximum atomic E-state index is 14.1. The van der Waals surface area contributed by atoms with Crippen LogP contribution >= 0.6 is 0 Å². The molecule has 0 aliphatic carbocycles. The van der Waals surface area contributed by atoms with E-state index in [1.54, 1.807) is 6.92 Å². The van der Waals surface area contributed by atoms with Crippen LogP contribution in [0.25, 0.3) is 0 Å². The van der Waals surface area contributed by atoms with Crippen molar-refractivity contribution in [3.8, 4) is 0 Å². The fourth-order valence-corrected chi connectivity index (χ4v) is 6.31. The van der Waals surface area contributed by atoms with Crippen molar-refractivity contribution in [2.24, 2.45) is 17.8 Å². The molecule has 0 unspecified atom stereocenters. The maximum absolute atomic E-state index is 14.1. The Bertz CT molecular complexity index is 1480. The molecule has 2 aromatic rings. The number of carbonyl (C=O) groups is 5. The summed E-state index contributed by atoms with van der Waals surface area (Å²) in [6, 6.07) is 16.5. The normalized spacial score (nSPS) is 19.8. The standard InChI is InChI=1S/C39H51F2N3O8/c1-26(2)18-32(42-37(49)30(24-51-38(40)41)21-31(45)23-44-14-16-50-17-15-44)34(46)22-29(19-27-10-6-4-7-11-27)36(48)43-33(35(47)39(3)25-52-39)20-28-12-8-5-9-13-28/h4-13,26,29-30,32-33,38H,14-25H2,1-3H3,(H,42,49)(H,43,48)/t29-,30+,32+,33+,39-/m1/s1. The van der Waals surface area contributed by atoms with Crippen LogP contribution in [0.2, 0.25) is 0 Å². The largest absolute Gasteiger partial charge is 0.379 e. The molecule has 52 heavy (non-hydrogen) atoms. The summed E-state index contributed by atoms with van der Waals surface area (Å²) < 4.78 is 41.4. The average molecular weight is 728 g/mol. The molecule has 2 aromatic carbocycles. The second-order valence-corrected chi connectivity index (χ2v) is 14.3. The van der Waals surface area contributed by atoms with Crippen LogP contribution < -0.4 is 10.6 Å². The van der Waals surface area contributed by atoms with E-state index in [-0.39, 0.29) is 62.7 Å². The number of ether oxygens (including phenoxy) is 3. The van der Waals surface area contributed by atoms with Crippen molar-refractivity contribution >= 4 is 29.2 Å². The highest BCUT2D eigenvalue weighted by molar-refractivity contribution is 5.98. The molecule has 13 heteroatoms. The lowest BCUT2D eigenvalue weighted by atomic mass is 9.88. The number of hydrogen-bond donors (Lipinski definition) is 2. The predicted octanol–water partition coefficient (Wildman–Crippen LogP) is 3.57. The van der Waals surface area contributed by atoms with Gasteiger partial charge in [0.05, 0.1) is 51.0 Å². The van der Waals surface area contributed by atoms with Gasteiger partial charge in [-0.3, -0.25) is 28.9 Å². The number of nitrogens with one attached hydrogen (secondary N) is 2. The summed E-state index contributed by atoms with van der Waals surface area (Å²) in [6.07, 6.45) is -0.000807. The fourth-order valence-electron chi connectivity index (χ4n) is 6.31. The number of carbonyl (C=O) groups excluding carboxylic acids is 5. The van der Waals surface area contributed by atoms with Crippen LogP contribution in [0.3, 0.4) is 0 Å². The van der Waals surface area contributed by atoms with E-state index in [9.17, 15) is 32.8 Å². The van der Waals surface area contributed by atoms with E-state index in [1.165, 1.54) is 0 Å². The van der Waals surface area contributed by atoms with Gasteiger partial charge in [-0.2, -0.15) is 8.78 Å². The molecule has 2 aliphatic heterocycles. The summed E-state index contributed by atoms with van der Waals surface area (Å²) >= 11 is 0. The lowest BCUT2D eigenvalue weighted by Crippen LogP contribution is -2.50. The average Bonchev–Trinajstić information content (AvgIpc) is 3.87. The van der Waals surface area contributed by atoms with Gasteiger partial charge in [-0.05, 0) is 43.2 Å². The third-order valence-electron chi connectivity index (χ3n) is 9.34. The molecule has 0 radical (unpaired) electrons. The van der Waals surface area contributed by atoms with Gasteiger partial charge in [0.25, 0.3) is 0 Å². The number of rotatable bonds is 22. The number of nitrogens with zero attached hydrogens (tertiary/aromatic N) is 1. The van der Waals surface area contributed by atoms with Crippen LogP contribution in [0, 0.1) is 17.8 Å². The van der Waals surface area contributed by atoms with E-state index >= 15 is 0 Å². The summed E-state index contributed by atoms with van der Waals surface area (Å²) in [5.74, 6) is -4.52. The lowest BCUT2D eigenvalue weighted by Gasteiger charge is -2.27. The Morgan fingerprint density at radius 3 is 1.94 bits per heavy atom. The molecule has 0 bridgehead atoms. The van der Waals surface area contributed by atoms with E-state index in [4.69, 9.17) is 9.47 Å². The summed E-state index contributed by atoms with van der Waals surface area (Å²) in [5, 5.41) is 5.62. The van der Waals surface area contributed by atoms with E-state index < -0.39 is 60.3 Å². The monoisotopic (exact) mass is 727 g/mol. The molecule has 2 saturated heterocycles. The second-order valence-electron chi connectivity index (χ2n) is 14.3. The highest BCUT2D eigenvalue weighted by atomic mass is 19.3. The number of ketones is 3. The van der Waals surface area contributed by atoms with Crippen molar-refractivity contribution < 1.29 is 47.0 Å². The number of benzene rings is 2. The van der Waals surface area contributed by atoms with Gasteiger partial charge in [-0.15, -0.1) is 0 Å². The molecule has 11 nitrogen and oxygen atoms in total. The molecule has 2 fully saturated rings. The van der Waals surface area contributed by atoms with Crippen LogP contribution in [0.15, 0.2) is 60.7 Å². The zero-order chi connectivity index (χ0) is 37.7. The van der Waals surface area contributed by atoms with Crippen LogP contribution in [0.4, 0.5) is 8.78 Å². The molecule has 2 heterocycles. The number of hydrogen-bond acceptors (Lipinski definition) is 9. The van der Waals surface area contributed by atoms with Gasteiger partial charge in [0.15, 0.2) is 11.6 Å². The van der Waals surface area contributed by atoms with E-state index in [2.05, 4.69) is 15.4 Å². The predicted molar refractivity (Wildman–Crippen MR) is 188 cm³/mol. The van der Waals surface area contributed by atoms with Crippen molar-refractivity contribution in [2.75, 3.05) is 46.1 Å². The molecule has 2 amide bonds. The number of morpholine rings is 1. The molecule has 5 atom stereocenters. The van der Waals surface area contributed by atoms with Crippen LogP contribution in [0.5, 0.6) is 0 Å². The van der Waals surface area contributed by atoms with Crippen molar-refractivity contribution in [1.29, 1.82) is 0 Å². The summed E-state index contributed by atoms with van der Waals surface area (Å²) in [6.45, 7) is 3.83. The molecular weight excluding hydrogens is 676 g/mol. The van der Waals surface area contributed by atoms with Crippen LogP contribution in [0.1, 0.15) is 51.2 Å². The van der Waals surface area contributed by atoms with Gasteiger partial charge in [-0.1, -0.05) is 74.5 Å². The second kappa shape index (κ2) is 19.8.